The standard InChI is InChI=1S/C17H22N4O5S/c1-20(2)11-10-18-27(24,25)15-8-9-16(17(12-15)21(22)23)19-13-4-6-14(26-3)7-5-13/h4-9,12,18-19H,10-11H2,1-3H3/p+1. The Kier molecular flexibility index (Phi) is 6.72. The lowest BCUT2D eigenvalue weighted by Crippen LogP contribution is -3.06. The minimum Gasteiger partial charge on any atom is -0.497 e. The molecule has 0 radical (unpaired) electrons. The van der Waals surface area contributed by atoms with Gasteiger partial charge < -0.3 is 15.0 Å². The first-order valence-corrected chi connectivity index (χ1v) is 9.69. The van der Waals surface area contributed by atoms with Crippen LogP contribution in [0.3, 0.4) is 0 Å². The third-order valence-electron chi connectivity index (χ3n) is 3.76. The molecule has 2 rings (SSSR count). The van der Waals surface area contributed by atoms with Crippen molar-refractivity contribution in [3.05, 3.63) is 52.6 Å². The summed E-state index contributed by atoms with van der Waals surface area (Å²) in [5, 5.41) is 14.3. The molecule has 10 heteroatoms. The fraction of sp³-hybridized carbons (Fsp3) is 0.294. The maximum absolute atomic E-state index is 12.4. The number of benzene rings is 2. The highest BCUT2D eigenvalue weighted by Crippen LogP contribution is 2.30. The van der Waals surface area contributed by atoms with Crippen molar-refractivity contribution in [2.75, 3.05) is 39.6 Å². The van der Waals surface area contributed by atoms with Crippen molar-refractivity contribution in [1.82, 2.24) is 4.72 Å². The maximum Gasteiger partial charge on any atom is 0.294 e. The second-order valence-corrected chi connectivity index (χ2v) is 7.91. The van der Waals surface area contributed by atoms with Gasteiger partial charge in [0.05, 0.1) is 44.1 Å². The van der Waals surface area contributed by atoms with E-state index < -0.39 is 14.9 Å². The molecule has 0 fully saturated rings. The normalized spacial score (nSPS) is 11.4. The molecule has 2 aromatic rings. The molecule has 0 atom stereocenters. The summed E-state index contributed by atoms with van der Waals surface area (Å²) in [4.78, 5) is 11.7. The molecular weight excluding hydrogens is 372 g/mol. The molecule has 0 aromatic heterocycles. The van der Waals surface area contributed by atoms with Gasteiger partial charge in [-0.25, -0.2) is 13.1 Å². The van der Waals surface area contributed by atoms with Crippen molar-refractivity contribution >= 4 is 27.1 Å². The lowest BCUT2D eigenvalue weighted by Gasteiger charge is -2.11. The molecule has 0 aliphatic rings. The zero-order valence-electron chi connectivity index (χ0n) is 15.4. The van der Waals surface area contributed by atoms with Crippen LogP contribution in [-0.4, -0.2) is 47.6 Å². The van der Waals surface area contributed by atoms with Gasteiger partial charge in [0.2, 0.25) is 10.0 Å². The molecular formula is C17H23N4O5S+. The molecule has 146 valence electrons. The Morgan fingerprint density at radius 3 is 2.37 bits per heavy atom. The van der Waals surface area contributed by atoms with Gasteiger partial charge in [-0.05, 0) is 36.4 Å². The van der Waals surface area contributed by atoms with Gasteiger partial charge in [-0.2, -0.15) is 0 Å². The Labute approximate surface area is 158 Å². The third-order valence-corrected chi connectivity index (χ3v) is 5.22. The van der Waals surface area contributed by atoms with Crippen LogP contribution in [0.4, 0.5) is 17.1 Å². The Balaban J connectivity index is 2.26. The van der Waals surface area contributed by atoms with Crippen LogP contribution in [0.2, 0.25) is 0 Å². The first-order chi connectivity index (χ1) is 12.7. The van der Waals surface area contributed by atoms with Crippen LogP contribution in [0.15, 0.2) is 47.4 Å². The average Bonchev–Trinajstić information content (AvgIpc) is 2.62. The van der Waals surface area contributed by atoms with Crippen LogP contribution in [-0.2, 0) is 10.0 Å². The van der Waals surface area contributed by atoms with E-state index in [1.54, 1.807) is 31.4 Å². The van der Waals surface area contributed by atoms with Crippen LogP contribution in [0.1, 0.15) is 0 Å². The quantitative estimate of drug-likeness (QED) is 0.427. The monoisotopic (exact) mass is 395 g/mol. The fourth-order valence-electron chi connectivity index (χ4n) is 2.28. The smallest absolute Gasteiger partial charge is 0.294 e. The van der Waals surface area contributed by atoms with Gasteiger partial charge in [0.1, 0.15) is 11.4 Å². The molecule has 9 nitrogen and oxygen atoms in total. The van der Waals surface area contributed by atoms with Gasteiger partial charge in [-0.1, -0.05) is 0 Å². The van der Waals surface area contributed by atoms with Gasteiger partial charge in [0.25, 0.3) is 5.69 Å². The average molecular weight is 395 g/mol. The molecule has 0 spiro atoms. The van der Waals surface area contributed by atoms with Crippen LogP contribution in [0, 0.1) is 10.1 Å². The van der Waals surface area contributed by atoms with Crippen LogP contribution in [0.5, 0.6) is 5.75 Å². The van der Waals surface area contributed by atoms with E-state index in [9.17, 15) is 18.5 Å². The van der Waals surface area contributed by atoms with Crippen LogP contribution in [0.25, 0.3) is 0 Å². The highest BCUT2D eigenvalue weighted by atomic mass is 32.2. The molecule has 3 N–H and O–H groups in total. The Hall–Kier alpha value is -2.69. The van der Waals surface area contributed by atoms with Gasteiger partial charge >= 0.3 is 0 Å². The Bertz CT molecular complexity index is 898. The molecule has 0 saturated carbocycles. The number of nitrogens with zero attached hydrogens (tertiary/aromatic N) is 1. The van der Waals surface area contributed by atoms with E-state index in [4.69, 9.17) is 4.74 Å². The highest BCUT2D eigenvalue weighted by Gasteiger charge is 2.21. The van der Waals surface area contributed by atoms with E-state index in [2.05, 4.69) is 10.0 Å². The number of nitro benzene ring substituents is 1. The van der Waals surface area contributed by atoms with Gasteiger partial charge in [0.15, 0.2) is 0 Å². The lowest BCUT2D eigenvalue weighted by molar-refractivity contribution is -0.856. The van der Waals surface area contributed by atoms with Crippen molar-refractivity contribution in [3.8, 4) is 5.75 Å². The predicted molar refractivity (Wildman–Crippen MR) is 102 cm³/mol. The molecule has 0 aliphatic heterocycles. The van der Waals surface area contributed by atoms with Crippen LogP contribution >= 0.6 is 0 Å². The molecule has 0 aliphatic carbocycles. The molecule has 0 bridgehead atoms. The molecule has 2 aromatic carbocycles. The SMILES string of the molecule is COc1ccc(Nc2ccc(S(=O)(=O)NCC[NH+](C)C)cc2[N+](=O)[O-])cc1. The van der Waals surface area contributed by atoms with Crippen molar-refractivity contribution < 1.29 is 23.0 Å². The molecule has 0 heterocycles. The molecule has 0 saturated heterocycles. The number of sulfonamides is 1. The molecule has 0 amide bonds. The number of ether oxygens (including phenoxy) is 1. The third kappa shape index (κ3) is 5.64. The second kappa shape index (κ2) is 8.80. The van der Waals surface area contributed by atoms with Crippen molar-refractivity contribution in [2.45, 2.75) is 4.90 Å². The fourth-order valence-corrected chi connectivity index (χ4v) is 3.34. The maximum atomic E-state index is 12.4. The van der Waals surface area contributed by atoms with Crippen LogP contribution < -0.4 is 19.7 Å². The van der Waals surface area contributed by atoms with E-state index in [0.29, 0.717) is 18.0 Å². The highest BCUT2D eigenvalue weighted by molar-refractivity contribution is 7.89. The van der Waals surface area contributed by atoms with E-state index in [1.165, 1.54) is 12.1 Å². The predicted octanol–water partition coefficient (Wildman–Crippen LogP) is 0.770. The summed E-state index contributed by atoms with van der Waals surface area (Å²) >= 11 is 0. The summed E-state index contributed by atoms with van der Waals surface area (Å²) in [6, 6.07) is 10.6. The number of likely N-dealkylation sites (N-methyl/N-ethyl adjacent to an activating group) is 1. The lowest BCUT2D eigenvalue weighted by atomic mass is 10.2. The Morgan fingerprint density at radius 2 is 1.81 bits per heavy atom. The number of methoxy groups -OCH3 is 1. The first-order valence-electron chi connectivity index (χ1n) is 8.21. The largest absolute Gasteiger partial charge is 0.497 e. The number of quaternary nitrogens is 1. The molecule has 27 heavy (non-hydrogen) atoms. The van der Waals surface area contributed by atoms with Gasteiger partial charge in [-0.3, -0.25) is 10.1 Å². The van der Waals surface area contributed by atoms with E-state index >= 15 is 0 Å². The number of nitro groups is 1. The summed E-state index contributed by atoms with van der Waals surface area (Å²) in [6.45, 7) is 0.836. The van der Waals surface area contributed by atoms with E-state index in [0.717, 1.165) is 11.0 Å². The van der Waals surface area contributed by atoms with E-state index in [-0.39, 0.29) is 22.8 Å². The number of hydrogen-bond acceptors (Lipinski definition) is 6. The Morgan fingerprint density at radius 1 is 1.15 bits per heavy atom. The van der Waals surface area contributed by atoms with E-state index in [1.807, 2.05) is 14.1 Å². The summed E-state index contributed by atoms with van der Waals surface area (Å²) in [7, 11) is 1.52. The number of anilines is 2. The summed E-state index contributed by atoms with van der Waals surface area (Å²) < 4.78 is 32.2. The zero-order valence-corrected chi connectivity index (χ0v) is 16.2. The summed E-state index contributed by atoms with van der Waals surface area (Å²) in [6.07, 6.45) is 0. The number of rotatable bonds is 9. The van der Waals surface area contributed by atoms with Crippen molar-refractivity contribution in [3.63, 3.8) is 0 Å². The van der Waals surface area contributed by atoms with Gasteiger partial charge in [0, 0.05) is 11.8 Å². The van der Waals surface area contributed by atoms with Crippen molar-refractivity contribution in [1.29, 1.82) is 0 Å². The summed E-state index contributed by atoms with van der Waals surface area (Å²) in [5.41, 5.74) is 0.482. The zero-order chi connectivity index (χ0) is 20.0. The first kappa shape index (κ1) is 20.6. The molecule has 0 unspecified atom stereocenters. The minimum atomic E-state index is -3.82. The summed E-state index contributed by atoms with van der Waals surface area (Å²) in [5.74, 6) is 0.655. The second-order valence-electron chi connectivity index (χ2n) is 6.14. The minimum absolute atomic E-state index is 0.150. The number of nitrogens with one attached hydrogen (secondary N) is 3. The van der Waals surface area contributed by atoms with Crippen molar-refractivity contribution in [2.24, 2.45) is 0 Å². The number of hydrogen-bond donors (Lipinski definition) is 3. The van der Waals surface area contributed by atoms with Gasteiger partial charge in [-0.15, -0.1) is 0 Å². The topological polar surface area (TPSA) is 115 Å².